The van der Waals surface area contributed by atoms with E-state index in [4.69, 9.17) is 24.5 Å². The lowest BCUT2D eigenvalue weighted by molar-refractivity contribution is -0.193. The highest BCUT2D eigenvalue weighted by molar-refractivity contribution is 5.77. The number of aliphatic carboxylic acids is 2. The number of amides is 1. The maximum Gasteiger partial charge on any atom is 0.490 e. The first-order chi connectivity index (χ1) is 20.6. The van der Waals surface area contributed by atoms with Crippen LogP contribution in [0.1, 0.15) is 55.7 Å². The lowest BCUT2D eigenvalue weighted by Gasteiger charge is -2.47. The lowest BCUT2D eigenvalue weighted by Crippen LogP contribution is -2.50. The summed E-state index contributed by atoms with van der Waals surface area (Å²) in [5, 5.41) is 17.4. The van der Waals surface area contributed by atoms with E-state index >= 15 is 0 Å². The molecule has 2 aromatic rings. The first-order valence-corrected chi connectivity index (χ1v) is 13.8. The average molecular weight is 634 g/mol. The van der Waals surface area contributed by atoms with Crippen LogP contribution in [0.15, 0.2) is 48.7 Å². The van der Waals surface area contributed by atoms with E-state index in [1.165, 1.54) is 18.4 Å². The molecule has 3 aliphatic rings. The van der Waals surface area contributed by atoms with Gasteiger partial charge in [-0.25, -0.2) is 9.59 Å². The van der Waals surface area contributed by atoms with Crippen LogP contribution in [0.2, 0.25) is 0 Å². The molecule has 0 radical (unpaired) electrons. The molecule has 1 aromatic heterocycles. The van der Waals surface area contributed by atoms with Crippen LogP contribution in [0.4, 0.5) is 26.3 Å². The summed E-state index contributed by atoms with van der Waals surface area (Å²) < 4.78 is 70.1. The third-order valence-corrected chi connectivity index (χ3v) is 7.38. The van der Waals surface area contributed by atoms with E-state index in [1.54, 1.807) is 0 Å². The van der Waals surface area contributed by atoms with Crippen molar-refractivity contribution in [3.05, 3.63) is 59.9 Å². The summed E-state index contributed by atoms with van der Waals surface area (Å²) in [4.78, 5) is 37.3. The Morgan fingerprint density at radius 2 is 1.50 bits per heavy atom. The zero-order valence-electron chi connectivity index (χ0n) is 23.5. The number of halogens is 6. The number of hydrogen-bond donors (Lipinski definition) is 3. The number of ether oxygens (including phenoxy) is 1. The number of hydrogen-bond acceptors (Lipinski definition) is 6. The van der Waals surface area contributed by atoms with Gasteiger partial charge in [-0.2, -0.15) is 26.3 Å². The molecule has 3 heterocycles. The minimum atomic E-state index is -5.08. The predicted octanol–water partition coefficient (Wildman–Crippen LogP) is 5.17. The van der Waals surface area contributed by atoms with Crippen LogP contribution >= 0.6 is 0 Å². The number of para-hydroxylation sites is 1. The second-order valence-corrected chi connectivity index (χ2v) is 10.9. The normalized spacial score (nSPS) is 19.2. The summed E-state index contributed by atoms with van der Waals surface area (Å²) in [6, 6.07) is 14.4. The van der Waals surface area contributed by atoms with E-state index in [-0.39, 0.29) is 17.4 Å². The third-order valence-electron chi connectivity index (χ3n) is 7.38. The maximum atomic E-state index is 12.6. The number of nitrogens with zero attached hydrogens (tertiary/aromatic N) is 2. The highest BCUT2D eigenvalue weighted by Crippen LogP contribution is 2.46. The SMILES string of the molecule is O=C(CC1CC2(CCN(Cc3ccccn3)CC2)Oc2ccccc21)NCC1CC1.O=C(O)C(F)(F)F.O=C(O)C(F)(F)F. The Labute approximate surface area is 249 Å². The van der Waals surface area contributed by atoms with Crippen LogP contribution in [0.25, 0.3) is 0 Å². The van der Waals surface area contributed by atoms with Gasteiger partial charge in [0.1, 0.15) is 11.4 Å². The molecule has 1 aliphatic carbocycles. The number of likely N-dealkylation sites (tertiary alicyclic amines) is 1. The number of pyridine rings is 1. The quantitative estimate of drug-likeness (QED) is 0.372. The molecule has 1 amide bonds. The van der Waals surface area contributed by atoms with Gasteiger partial charge in [0.2, 0.25) is 5.91 Å². The number of carboxylic acid groups (broad SMARTS) is 2. The number of rotatable bonds is 6. The van der Waals surface area contributed by atoms with E-state index in [0.717, 1.165) is 56.9 Å². The lowest BCUT2D eigenvalue weighted by atomic mass is 9.76. The van der Waals surface area contributed by atoms with Gasteiger partial charge in [0.15, 0.2) is 0 Å². The van der Waals surface area contributed by atoms with E-state index in [1.807, 2.05) is 24.4 Å². The highest BCUT2D eigenvalue weighted by atomic mass is 19.4. The first-order valence-electron chi connectivity index (χ1n) is 13.8. The summed E-state index contributed by atoms with van der Waals surface area (Å²) in [7, 11) is 0. The number of piperidine rings is 1. The van der Waals surface area contributed by atoms with Crippen LogP contribution in [0, 0.1) is 5.92 Å². The van der Waals surface area contributed by atoms with Gasteiger partial charge < -0.3 is 20.3 Å². The van der Waals surface area contributed by atoms with E-state index in [9.17, 15) is 31.1 Å². The van der Waals surface area contributed by atoms with Crippen LogP contribution in [-0.4, -0.2) is 75.5 Å². The smallest absolute Gasteiger partial charge is 0.487 e. The number of benzene rings is 1. The van der Waals surface area contributed by atoms with Crippen molar-refractivity contribution >= 4 is 17.8 Å². The van der Waals surface area contributed by atoms with Crippen molar-refractivity contribution in [2.45, 2.75) is 68.9 Å². The summed E-state index contributed by atoms with van der Waals surface area (Å²) in [6.45, 7) is 3.73. The minimum absolute atomic E-state index is 0.156. The van der Waals surface area contributed by atoms with Gasteiger partial charge in [-0.15, -0.1) is 0 Å². The number of carbonyl (C=O) groups is 3. The molecule has 1 unspecified atom stereocenters. The Morgan fingerprint density at radius 1 is 0.932 bits per heavy atom. The molecule has 1 atom stereocenters. The van der Waals surface area contributed by atoms with E-state index in [0.29, 0.717) is 12.3 Å². The van der Waals surface area contributed by atoms with Gasteiger partial charge in [-0.1, -0.05) is 24.3 Å². The Morgan fingerprint density at radius 3 is 2.02 bits per heavy atom. The van der Waals surface area contributed by atoms with Gasteiger partial charge >= 0.3 is 24.3 Å². The zero-order chi connectivity index (χ0) is 32.5. The van der Waals surface area contributed by atoms with Gasteiger partial charge in [0.25, 0.3) is 0 Å². The van der Waals surface area contributed by atoms with Crippen molar-refractivity contribution in [1.29, 1.82) is 0 Å². The molecule has 1 saturated heterocycles. The molecule has 1 spiro atoms. The van der Waals surface area contributed by atoms with Crippen molar-refractivity contribution in [3.63, 3.8) is 0 Å². The number of aromatic nitrogens is 1. The number of fused-ring (bicyclic) bond motifs is 1. The van der Waals surface area contributed by atoms with Gasteiger partial charge in [-0.3, -0.25) is 14.7 Å². The van der Waals surface area contributed by atoms with Gasteiger partial charge in [0.05, 0.1) is 5.69 Å². The Hall–Kier alpha value is -3.88. The van der Waals surface area contributed by atoms with Gasteiger partial charge in [0, 0.05) is 44.7 Å². The largest absolute Gasteiger partial charge is 0.490 e. The molecular formula is C29H33F6N3O6. The highest BCUT2D eigenvalue weighted by Gasteiger charge is 2.44. The fourth-order valence-electron chi connectivity index (χ4n) is 4.95. The molecule has 9 nitrogen and oxygen atoms in total. The molecular weight excluding hydrogens is 600 g/mol. The summed E-state index contributed by atoms with van der Waals surface area (Å²) in [5.41, 5.74) is 2.16. The average Bonchev–Trinajstić information content (AvgIpc) is 3.78. The second-order valence-electron chi connectivity index (χ2n) is 10.9. The fraction of sp³-hybridized carbons (Fsp3) is 0.517. The molecule has 5 rings (SSSR count). The molecule has 0 bridgehead atoms. The fourth-order valence-corrected chi connectivity index (χ4v) is 4.95. The number of carbonyl (C=O) groups excluding carboxylic acids is 1. The first kappa shape index (κ1) is 34.6. The number of nitrogens with one attached hydrogen (secondary N) is 1. The third kappa shape index (κ3) is 11.0. The van der Waals surface area contributed by atoms with Crippen LogP contribution in [0.3, 0.4) is 0 Å². The van der Waals surface area contributed by atoms with Gasteiger partial charge in [-0.05, 0) is 61.8 Å². The predicted molar refractivity (Wildman–Crippen MR) is 144 cm³/mol. The Balaban J connectivity index is 0.000000317. The monoisotopic (exact) mass is 633 g/mol. The van der Waals surface area contributed by atoms with Crippen LogP contribution < -0.4 is 10.1 Å². The molecule has 242 valence electrons. The molecule has 1 saturated carbocycles. The number of alkyl halides is 6. The molecule has 2 fully saturated rings. The molecule has 3 N–H and O–H groups in total. The van der Waals surface area contributed by atoms with Crippen LogP contribution in [-0.2, 0) is 20.9 Å². The van der Waals surface area contributed by atoms with Crippen molar-refractivity contribution in [1.82, 2.24) is 15.2 Å². The van der Waals surface area contributed by atoms with E-state index < -0.39 is 24.3 Å². The Bertz CT molecular complexity index is 1240. The number of carboxylic acids is 2. The van der Waals surface area contributed by atoms with Crippen molar-refractivity contribution < 1.29 is 55.7 Å². The zero-order valence-corrected chi connectivity index (χ0v) is 23.5. The summed E-state index contributed by atoms with van der Waals surface area (Å²) in [6.07, 6.45) is -2.30. The second kappa shape index (κ2) is 14.7. The topological polar surface area (TPSA) is 129 Å². The standard InChI is InChI=1S/C25H31N3O2.2C2HF3O2/c29-24(27-17-19-8-9-19)15-20-16-25(30-23-7-2-1-6-22(20)23)10-13-28(14-11-25)18-21-5-3-4-12-26-21;2*3-2(4,5)1(6)7/h1-7,12,19-20H,8-11,13-18H2,(H,27,29);2*(H,6,7). The molecule has 2 aliphatic heterocycles. The molecule has 15 heteroatoms. The van der Waals surface area contributed by atoms with Crippen LogP contribution in [0.5, 0.6) is 5.75 Å². The minimum Gasteiger partial charge on any atom is -0.487 e. The molecule has 1 aromatic carbocycles. The van der Waals surface area contributed by atoms with Crippen molar-refractivity contribution in [3.8, 4) is 5.75 Å². The summed E-state index contributed by atoms with van der Waals surface area (Å²) >= 11 is 0. The Kier molecular flexibility index (Phi) is 11.6. The van der Waals surface area contributed by atoms with Crippen molar-refractivity contribution in [2.75, 3.05) is 19.6 Å². The van der Waals surface area contributed by atoms with E-state index in [2.05, 4.69) is 39.5 Å². The van der Waals surface area contributed by atoms with Crippen molar-refractivity contribution in [2.24, 2.45) is 5.92 Å². The maximum absolute atomic E-state index is 12.6. The summed E-state index contributed by atoms with van der Waals surface area (Å²) in [5.74, 6) is -3.41. The molecule has 44 heavy (non-hydrogen) atoms.